The van der Waals surface area contributed by atoms with Crippen LogP contribution in [0.4, 0.5) is 14.5 Å². The van der Waals surface area contributed by atoms with Gasteiger partial charge in [0.25, 0.3) is 0 Å². The average molecular weight is 249 g/mol. The van der Waals surface area contributed by atoms with Gasteiger partial charge in [0, 0.05) is 0 Å². The van der Waals surface area contributed by atoms with Crippen molar-refractivity contribution >= 4 is 22.0 Å². The van der Waals surface area contributed by atoms with Gasteiger partial charge in [0.1, 0.15) is 5.82 Å². The molecule has 0 aliphatic heterocycles. The Morgan fingerprint density at radius 3 is 2.50 bits per heavy atom. The number of hydrogen-bond donors (Lipinski definition) is 1. The van der Waals surface area contributed by atoms with Gasteiger partial charge in [-0.3, -0.25) is 9.52 Å². The van der Waals surface area contributed by atoms with Crippen LogP contribution in [-0.4, -0.2) is 20.5 Å². The molecule has 1 aromatic rings. The summed E-state index contributed by atoms with van der Waals surface area (Å²) in [6.07, 6.45) is -0.00554. The fourth-order valence-electron chi connectivity index (χ4n) is 0.996. The summed E-state index contributed by atoms with van der Waals surface area (Å²) in [5.74, 6) is -2.50. The average Bonchev–Trinajstić information content (AvgIpc) is 2.23. The molecule has 0 bridgehead atoms. The number of carbonyl (C=O) groups is 1. The van der Waals surface area contributed by atoms with Crippen LogP contribution in [0.25, 0.3) is 0 Å². The van der Waals surface area contributed by atoms with Crippen molar-refractivity contribution in [2.45, 2.75) is 6.92 Å². The fraction of sp³-hybridized carbons (Fsp3) is 0.222. The van der Waals surface area contributed by atoms with Gasteiger partial charge in [-0.25, -0.2) is 17.2 Å². The van der Waals surface area contributed by atoms with Crippen molar-refractivity contribution in [2.75, 3.05) is 10.5 Å². The van der Waals surface area contributed by atoms with Crippen molar-refractivity contribution in [3.8, 4) is 0 Å². The molecule has 0 saturated carbocycles. The maximum atomic E-state index is 13.4. The maximum absolute atomic E-state index is 13.4. The van der Waals surface area contributed by atoms with Gasteiger partial charge in [-0.15, -0.1) is 0 Å². The van der Waals surface area contributed by atoms with Crippen molar-refractivity contribution in [3.05, 3.63) is 29.3 Å². The van der Waals surface area contributed by atoms with E-state index in [1.807, 2.05) is 4.72 Å². The number of carbonyl (C=O) groups excluding carboxylic acids is 1. The molecule has 0 heterocycles. The summed E-state index contributed by atoms with van der Waals surface area (Å²) in [5.41, 5.74) is -1.23. The number of anilines is 1. The minimum Gasteiger partial charge on any atom is -0.298 e. The molecule has 0 aliphatic carbocycles. The molecule has 0 amide bonds. The van der Waals surface area contributed by atoms with E-state index in [-0.39, 0.29) is 12.0 Å². The molecule has 0 aromatic heterocycles. The smallest absolute Gasteiger partial charge is 0.232 e. The zero-order valence-electron chi connectivity index (χ0n) is 8.33. The summed E-state index contributed by atoms with van der Waals surface area (Å²) in [6, 6.07) is 1.74. The highest BCUT2D eigenvalue weighted by Gasteiger charge is 2.16. The molecule has 1 rings (SSSR count). The van der Waals surface area contributed by atoms with Gasteiger partial charge in [-0.1, -0.05) is 0 Å². The van der Waals surface area contributed by atoms with Crippen LogP contribution in [-0.2, 0) is 10.0 Å². The van der Waals surface area contributed by atoms with Gasteiger partial charge in [0.15, 0.2) is 12.1 Å². The molecule has 1 N–H and O–H groups in total. The Labute approximate surface area is 91.3 Å². The molecule has 0 atom stereocenters. The van der Waals surface area contributed by atoms with E-state index in [0.29, 0.717) is 0 Å². The summed E-state index contributed by atoms with van der Waals surface area (Å²) >= 11 is 0. The molecular formula is C9H9F2NO3S. The summed E-state index contributed by atoms with van der Waals surface area (Å²) in [5, 5.41) is 0. The van der Waals surface area contributed by atoms with E-state index >= 15 is 0 Å². The maximum Gasteiger partial charge on any atom is 0.232 e. The van der Waals surface area contributed by atoms with Crippen molar-refractivity contribution in [3.63, 3.8) is 0 Å². The van der Waals surface area contributed by atoms with Crippen molar-refractivity contribution < 1.29 is 22.0 Å². The first kappa shape index (κ1) is 12.6. The predicted octanol–water partition coefficient (Wildman–Crippen LogP) is 1.54. The Kier molecular flexibility index (Phi) is 3.58. The summed E-state index contributed by atoms with van der Waals surface area (Å²) in [4.78, 5) is 10.4. The second-order valence-corrected chi connectivity index (χ2v) is 4.96. The lowest BCUT2D eigenvalue weighted by Crippen LogP contribution is -2.16. The first-order valence-corrected chi connectivity index (χ1v) is 6.00. The zero-order chi connectivity index (χ0) is 12.3. The summed E-state index contributed by atoms with van der Waals surface area (Å²) in [6.45, 7) is 1.37. The highest BCUT2D eigenvalue weighted by atomic mass is 32.2. The Bertz CT molecular complexity index is 514. The summed E-state index contributed by atoms with van der Waals surface area (Å²) in [7, 11) is -3.66. The van der Waals surface area contributed by atoms with Crippen LogP contribution in [0.15, 0.2) is 12.1 Å². The van der Waals surface area contributed by atoms with Crippen LogP contribution >= 0.6 is 0 Å². The third-order valence-corrected chi connectivity index (χ3v) is 3.18. The van der Waals surface area contributed by atoms with Gasteiger partial charge in [0.05, 0.1) is 17.0 Å². The van der Waals surface area contributed by atoms with E-state index in [1.165, 1.54) is 6.92 Å². The number of benzene rings is 1. The Morgan fingerprint density at radius 2 is 2.00 bits per heavy atom. The first-order valence-electron chi connectivity index (χ1n) is 4.35. The molecule has 0 unspecified atom stereocenters. The van der Waals surface area contributed by atoms with Crippen LogP contribution in [0.2, 0.25) is 0 Å². The van der Waals surface area contributed by atoms with Crippen molar-refractivity contribution in [2.24, 2.45) is 0 Å². The molecule has 0 aliphatic rings. The molecule has 88 valence electrons. The third-order valence-electron chi connectivity index (χ3n) is 1.89. The van der Waals surface area contributed by atoms with Crippen LogP contribution < -0.4 is 4.72 Å². The van der Waals surface area contributed by atoms with Gasteiger partial charge in [-0.2, -0.15) is 0 Å². The van der Waals surface area contributed by atoms with E-state index in [0.717, 1.165) is 12.1 Å². The van der Waals surface area contributed by atoms with Gasteiger partial charge in [-0.05, 0) is 19.1 Å². The third kappa shape index (κ3) is 2.54. The number of aldehydes is 1. The number of hydrogen-bond acceptors (Lipinski definition) is 3. The van der Waals surface area contributed by atoms with E-state index in [2.05, 4.69) is 0 Å². The predicted molar refractivity (Wildman–Crippen MR) is 54.8 cm³/mol. The topological polar surface area (TPSA) is 63.2 Å². The second-order valence-electron chi connectivity index (χ2n) is 2.95. The minimum atomic E-state index is -3.66. The Balaban J connectivity index is 3.22. The number of halogens is 2. The van der Waals surface area contributed by atoms with Crippen molar-refractivity contribution in [1.29, 1.82) is 0 Å². The molecule has 0 spiro atoms. The molecule has 7 heteroatoms. The Hall–Kier alpha value is -1.50. The zero-order valence-corrected chi connectivity index (χ0v) is 9.14. The van der Waals surface area contributed by atoms with Gasteiger partial charge < -0.3 is 0 Å². The SMILES string of the molecule is CCS(=O)(=O)Nc1ccc(F)c(C=O)c1F. The standard InChI is InChI=1S/C9H9F2NO3S/c1-2-16(14,15)12-8-4-3-7(10)6(5-13)9(8)11/h3-5,12H,2H2,1H3. The molecule has 0 saturated heterocycles. The number of nitrogens with one attached hydrogen (secondary N) is 1. The molecule has 0 radical (unpaired) electrons. The van der Waals surface area contributed by atoms with Crippen LogP contribution in [0.5, 0.6) is 0 Å². The van der Waals surface area contributed by atoms with E-state index in [4.69, 9.17) is 0 Å². The first-order chi connectivity index (χ1) is 7.41. The minimum absolute atomic E-state index is 0.00554. The number of sulfonamides is 1. The molecular weight excluding hydrogens is 240 g/mol. The monoisotopic (exact) mass is 249 g/mol. The Morgan fingerprint density at radius 1 is 1.38 bits per heavy atom. The summed E-state index contributed by atoms with van der Waals surface area (Å²) < 4.78 is 50.5. The van der Waals surface area contributed by atoms with Crippen LogP contribution in [0.3, 0.4) is 0 Å². The van der Waals surface area contributed by atoms with E-state index in [9.17, 15) is 22.0 Å². The van der Waals surface area contributed by atoms with Crippen molar-refractivity contribution in [1.82, 2.24) is 0 Å². The lowest BCUT2D eigenvalue weighted by atomic mass is 10.2. The van der Waals surface area contributed by atoms with E-state index in [1.54, 1.807) is 0 Å². The molecule has 0 fully saturated rings. The fourth-order valence-corrected chi connectivity index (χ4v) is 1.63. The molecule has 1 aromatic carbocycles. The van der Waals surface area contributed by atoms with Gasteiger partial charge in [0.2, 0.25) is 10.0 Å². The second kappa shape index (κ2) is 4.56. The lowest BCUT2D eigenvalue weighted by Gasteiger charge is -2.08. The quantitative estimate of drug-likeness (QED) is 0.823. The largest absolute Gasteiger partial charge is 0.298 e. The number of rotatable bonds is 4. The highest BCUT2D eigenvalue weighted by molar-refractivity contribution is 7.92. The lowest BCUT2D eigenvalue weighted by molar-refractivity contribution is 0.111. The molecule has 16 heavy (non-hydrogen) atoms. The molecule has 4 nitrogen and oxygen atoms in total. The van der Waals surface area contributed by atoms with Gasteiger partial charge >= 0.3 is 0 Å². The van der Waals surface area contributed by atoms with Crippen LogP contribution in [0, 0.1) is 11.6 Å². The normalized spacial score (nSPS) is 11.2. The van der Waals surface area contributed by atoms with Crippen LogP contribution in [0.1, 0.15) is 17.3 Å². The highest BCUT2D eigenvalue weighted by Crippen LogP contribution is 2.20. The van der Waals surface area contributed by atoms with E-state index < -0.39 is 32.9 Å².